The van der Waals surface area contributed by atoms with Crippen LogP contribution in [0.5, 0.6) is 0 Å². The molecule has 1 N–H and O–H groups in total. The quantitative estimate of drug-likeness (QED) is 0.898. The molecule has 0 spiro atoms. The molecule has 0 bridgehead atoms. The van der Waals surface area contributed by atoms with E-state index in [-0.39, 0.29) is 5.82 Å². The number of hydrogen-bond acceptors (Lipinski definition) is 2. The lowest BCUT2D eigenvalue weighted by Gasteiger charge is -2.10. The molecule has 0 unspecified atom stereocenters. The van der Waals surface area contributed by atoms with E-state index in [4.69, 9.17) is 0 Å². The molecule has 0 aliphatic carbocycles. The molecule has 2 rings (SSSR count). The third-order valence-corrected chi connectivity index (χ3v) is 2.86. The van der Waals surface area contributed by atoms with Crippen molar-refractivity contribution in [1.29, 1.82) is 0 Å². The van der Waals surface area contributed by atoms with Crippen molar-refractivity contribution >= 4 is 27.4 Å². The molecule has 82 valence electrons. The summed E-state index contributed by atoms with van der Waals surface area (Å²) in [4.78, 5) is 4.13. The molecule has 1 aromatic carbocycles. The first-order chi connectivity index (χ1) is 7.68. The lowest BCUT2D eigenvalue weighted by atomic mass is 10.2. The fourth-order valence-electron chi connectivity index (χ4n) is 1.39. The number of nitrogens with one attached hydrogen (secondary N) is 1. The van der Waals surface area contributed by atoms with Crippen LogP contribution < -0.4 is 5.32 Å². The lowest BCUT2D eigenvalue weighted by molar-refractivity contribution is 0.630. The minimum atomic E-state index is -0.280. The molecule has 4 heteroatoms. The van der Waals surface area contributed by atoms with E-state index >= 15 is 0 Å². The first kappa shape index (κ1) is 11.1. The van der Waals surface area contributed by atoms with Crippen molar-refractivity contribution in [3.8, 4) is 0 Å². The van der Waals surface area contributed by atoms with Gasteiger partial charge in [-0.1, -0.05) is 12.1 Å². The zero-order valence-corrected chi connectivity index (χ0v) is 10.3. The van der Waals surface area contributed by atoms with E-state index in [1.807, 2.05) is 25.1 Å². The molecular formula is C12H10BrFN2. The molecule has 0 atom stereocenters. The average molecular weight is 281 g/mol. The highest BCUT2D eigenvalue weighted by Gasteiger charge is 2.07. The van der Waals surface area contributed by atoms with Crippen LogP contribution in [0.3, 0.4) is 0 Å². The van der Waals surface area contributed by atoms with E-state index in [1.54, 1.807) is 12.3 Å². The third kappa shape index (κ3) is 2.22. The summed E-state index contributed by atoms with van der Waals surface area (Å²) in [5, 5.41) is 2.98. The summed E-state index contributed by atoms with van der Waals surface area (Å²) in [5.74, 6) is 0.327. The number of para-hydroxylation sites is 1. The Bertz CT molecular complexity index is 494. The lowest BCUT2D eigenvalue weighted by Crippen LogP contribution is -1.99. The number of halogens is 2. The molecule has 0 fully saturated rings. The van der Waals surface area contributed by atoms with Crippen LogP contribution in [-0.2, 0) is 0 Å². The topological polar surface area (TPSA) is 24.9 Å². The molecule has 1 heterocycles. The van der Waals surface area contributed by atoms with Crippen molar-refractivity contribution < 1.29 is 4.39 Å². The predicted molar refractivity (Wildman–Crippen MR) is 66.4 cm³/mol. The number of benzene rings is 1. The number of nitrogens with zero attached hydrogens (tertiary/aromatic N) is 1. The van der Waals surface area contributed by atoms with Gasteiger partial charge in [-0.05, 0) is 46.6 Å². The molecule has 2 aromatic rings. The summed E-state index contributed by atoms with van der Waals surface area (Å²) in [6, 6.07) is 8.62. The van der Waals surface area contributed by atoms with E-state index in [1.165, 1.54) is 6.07 Å². The van der Waals surface area contributed by atoms with Crippen molar-refractivity contribution in [1.82, 2.24) is 4.98 Å². The van der Waals surface area contributed by atoms with Gasteiger partial charge in [0.2, 0.25) is 0 Å². The standard InChI is InChI=1S/C12H10BrFN2/c1-8-4-2-6-10(14)11(8)16-12-9(13)5-3-7-15-12/h2-7H,1H3,(H,15,16). The summed E-state index contributed by atoms with van der Waals surface area (Å²) in [6.45, 7) is 1.85. The van der Waals surface area contributed by atoms with Crippen LogP contribution in [0, 0.1) is 12.7 Å². The fourth-order valence-corrected chi connectivity index (χ4v) is 1.74. The van der Waals surface area contributed by atoms with Crippen molar-refractivity contribution in [2.75, 3.05) is 5.32 Å². The van der Waals surface area contributed by atoms with Gasteiger partial charge in [0.15, 0.2) is 0 Å². The van der Waals surface area contributed by atoms with Crippen LogP contribution in [0.25, 0.3) is 0 Å². The number of pyridine rings is 1. The fraction of sp³-hybridized carbons (Fsp3) is 0.0833. The Morgan fingerprint density at radius 2 is 2.06 bits per heavy atom. The number of aromatic nitrogens is 1. The molecule has 0 aliphatic heterocycles. The SMILES string of the molecule is Cc1cccc(F)c1Nc1ncccc1Br. The third-order valence-electron chi connectivity index (χ3n) is 2.22. The first-order valence-electron chi connectivity index (χ1n) is 4.81. The van der Waals surface area contributed by atoms with Gasteiger partial charge in [-0.15, -0.1) is 0 Å². The Morgan fingerprint density at radius 1 is 1.25 bits per heavy atom. The van der Waals surface area contributed by atoms with E-state index in [2.05, 4.69) is 26.2 Å². The second kappa shape index (κ2) is 4.61. The summed E-state index contributed by atoms with van der Waals surface area (Å²) in [7, 11) is 0. The predicted octanol–water partition coefficient (Wildman–Crippen LogP) is 4.04. The highest BCUT2D eigenvalue weighted by atomic mass is 79.9. The van der Waals surface area contributed by atoms with Gasteiger partial charge >= 0.3 is 0 Å². The number of rotatable bonds is 2. The minimum Gasteiger partial charge on any atom is -0.337 e. The summed E-state index contributed by atoms with van der Waals surface area (Å²) in [6.07, 6.45) is 1.66. The number of aryl methyl sites for hydroxylation is 1. The second-order valence-corrected chi connectivity index (χ2v) is 4.24. The molecule has 0 saturated carbocycles. The molecule has 16 heavy (non-hydrogen) atoms. The second-order valence-electron chi connectivity index (χ2n) is 3.39. The smallest absolute Gasteiger partial charge is 0.146 e. The zero-order valence-electron chi connectivity index (χ0n) is 8.67. The Morgan fingerprint density at radius 3 is 2.75 bits per heavy atom. The van der Waals surface area contributed by atoms with Crippen molar-refractivity contribution in [2.24, 2.45) is 0 Å². The molecule has 1 aromatic heterocycles. The van der Waals surface area contributed by atoms with Gasteiger partial charge in [0.25, 0.3) is 0 Å². The maximum atomic E-state index is 13.6. The minimum absolute atomic E-state index is 0.280. The van der Waals surface area contributed by atoms with E-state index in [0.717, 1.165) is 10.0 Å². The number of hydrogen-bond donors (Lipinski definition) is 1. The van der Waals surface area contributed by atoms with E-state index in [9.17, 15) is 4.39 Å². The monoisotopic (exact) mass is 280 g/mol. The molecule has 0 amide bonds. The summed E-state index contributed by atoms with van der Waals surface area (Å²) in [5.41, 5.74) is 1.31. The Kier molecular flexibility index (Phi) is 3.19. The maximum absolute atomic E-state index is 13.6. The summed E-state index contributed by atoms with van der Waals surface area (Å²) >= 11 is 3.36. The Hall–Kier alpha value is -1.42. The van der Waals surface area contributed by atoms with Crippen LogP contribution in [-0.4, -0.2) is 4.98 Å². The Balaban J connectivity index is 2.38. The molecule has 0 saturated heterocycles. The zero-order chi connectivity index (χ0) is 11.5. The van der Waals surface area contributed by atoms with Crippen LogP contribution in [0.2, 0.25) is 0 Å². The van der Waals surface area contributed by atoms with E-state index in [0.29, 0.717) is 11.5 Å². The molecule has 0 radical (unpaired) electrons. The summed E-state index contributed by atoms with van der Waals surface area (Å²) < 4.78 is 14.4. The van der Waals surface area contributed by atoms with Crippen molar-refractivity contribution in [2.45, 2.75) is 6.92 Å². The largest absolute Gasteiger partial charge is 0.337 e. The number of anilines is 2. The van der Waals surface area contributed by atoms with E-state index < -0.39 is 0 Å². The van der Waals surface area contributed by atoms with Crippen LogP contribution in [0.4, 0.5) is 15.9 Å². The maximum Gasteiger partial charge on any atom is 0.146 e. The van der Waals surface area contributed by atoms with Gasteiger partial charge in [0.1, 0.15) is 11.6 Å². The van der Waals surface area contributed by atoms with Gasteiger partial charge in [-0.25, -0.2) is 9.37 Å². The van der Waals surface area contributed by atoms with Gasteiger partial charge < -0.3 is 5.32 Å². The Labute approximate surface area is 102 Å². The van der Waals surface area contributed by atoms with Gasteiger partial charge in [0.05, 0.1) is 10.2 Å². The normalized spacial score (nSPS) is 10.2. The van der Waals surface area contributed by atoms with Gasteiger partial charge in [-0.3, -0.25) is 0 Å². The molecular weight excluding hydrogens is 271 g/mol. The highest BCUT2D eigenvalue weighted by molar-refractivity contribution is 9.10. The molecule has 2 nitrogen and oxygen atoms in total. The van der Waals surface area contributed by atoms with Gasteiger partial charge in [0, 0.05) is 6.20 Å². The first-order valence-corrected chi connectivity index (χ1v) is 5.60. The molecule has 0 aliphatic rings. The van der Waals surface area contributed by atoms with Crippen molar-refractivity contribution in [3.63, 3.8) is 0 Å². The van der Waals surface area contributed by atoms with Crippen LogP contribution in [0.1, 0.15) is 5.56 Å². The van der Waals surface area contributed by atoms with Gasteiger partial charge in [-0.2, -0.15) is 0 Å². The van der Waals surface area contributed by atoms with Crippen LogP contribution >= 0.6 is 15.9 Å². The highest BCUT2D eigenvalue weighted by Crippen LogP contribution is 2.26. The van der Waals surface area contributed by atoms with Crippen LogP contribution in [0.15, 0.2) is 41.0 Å². The average Bonchev–Trinajstić information content (AvgIpc) is 2.26. The van der Waals surface area contributed by atoms with Crippen molar-refractivity contribution in [3.05, 3.63) is 52.4 Å².